The minimum absolute atomic E-state index is 0.0217. The normalized spacial score (nSPS) is 12.6. The number of anilines is 1. The molecule has 0 spiro atoms. The zero-order chi connectivity index (χ0) is 10.6. The third-order valence-electron chi connectivity index (χ3n) is 1.69. The van der Waals surface area contributed by atoms with Gasteiger partial charge in [0.15, 0.2) is 5.82 Å². The van der Waals surface area contributed by atoms with E-state index in [4.69, 9.17) is 21.8 Å². The van der Waals surface area contributed by atoms with Crippen molar-refractivity contribution in [2.24, 2.45) is 0 Å². The van der Waals surface area contributed by atoms with Crippen LogP contribution in [-0.4, -0.2) is 29.5 Å². The van der Waals surface area contributed by atoms with Gasteiger partial charge in [-0.05, 0) is 12.1 Å². The van der Waals surface area contributed by atoms with Crippen molar-refractivity contribution in [3.63, 3.8) is 0 Å². The summed E-state index contributed by atoms with van der Waals surface area (Å²) in [4.78, 5) is 0. The quantitative estimate of drug-likeness (QED) is 0.714. The summed E-state index contributed by atoms with van der Waals surface area (Å²) in [5.74, 6) is -0.556. The maximum Gasteiger partial charge on any atom is 0.164 e. The molecule has 0 bridgehead atoms. The Hall–Kier alpha value is -0.840. The Balaban J connectivity index is 2.63. The molecular formula is C9H11ClFNO2. The van der Waals surface area contributed by atoms with Gasteiger partial charge in [-0.15, -0.1) is 0 Å². The number of aliphatic hydroxyl groups is 2. The van der Waals surface area contributed by atoms with Gasteiger partial charge in [-0.1, -0.05) is 17.7 Å². The molecule has 1 atom stereocenters. The minimum atomic E-state index is -0.909. The van der Waals surface area contributed by atoms with Gasteiger partial charge >= 0.3 is 0 Å². The van der Waals surface area contributed by atoms with Gasteiger partial charge in [0, 0.05) is 6.54 Å². The molecule has 0 saturated heterocycles. The highest BCUT2D eigenvalue weighted by atomic mass is 35.5. The first-order valence-corrected chi connectivity index (χ1v) is 4.49. The van der Waals surface area contributed by atoms with Crippen LogP contribution in [0.3, 0.4) is 0 Å². The molecule has 14 heavy (non-hydrogen) atoms. The van der Waals surface area contributed by atoms with Crippen molar-refractivity contribution in [3.05, 3.63) is 29.0 Å². The van der Waals surface area contributed by atoms with Crippen molar-refractivity contribution in [2.75, 3.05) is 18.5 Å². The fourth-order valence-electron chi connectivity index (χ4n) is 0.933. The summed E-state index contributed by atoms with van der Waals surface area (Å²) in [6.45, 7) is -0.289. The molecule has 0 aromatic heterocycles. The van der Waals surface area contributed by atoms with E-state index in [0.29, 0.717) is 0 Å². The Morgan fingerprint density at radius 3 is 2.86 bits per heavy atom. The van der Waals surface area contributed by atoms with Gasteiger partial charge in [-0.3, -0.25) is 0 Å². The summed E-state index contributed by atoms with van der Waals surface area (Å²) < 4.78 is 13.2. The van der Waals surface area contributed by atoms with E-state index >= 15 is 0 Å². The molecule has 0 saturated carbocycles. The third-order valence-corrected chi connectivity index (χ3v) is 1.98. The molecular weight excluding hydrogens is 209 g/mol. The maximum absolute atomic E-state index is 13.2. The smallest absolute Gasteiger partial charge is 0.164 e. The SMILES string of the molecule is OC[C@@H](O)CNc1cccc(Cl)c1F. The predicted octanol–water partition coefficient (Wildman–Crippen LogP) is 1.24. The molecule has 0 aliphatic heterocycles. The molecule has 0 fully saturated rings. The van der Waals surface area contributed by atoms with E-state index in [2.05, 4.69) is 5.32 Å². The molecule has 0 amide bonds. The Morgan fingerprint density at radius 1 is 1.50 bits per heavy atom. The first-order valence-electron chi connectivity index (χ1n) is 4.12. The summed E-state index contributed by atoms with van der Waals surface area (Å²) in [5.41, 5.74) is 0.213. The van der Waals surface area contributed by atoms with Crippen LogP contribution in [0.15, 0.2) is 18.2 Å². The lowest BCUT2D eigenvalue weighted by atomic mass is 10.3. The zero-order valence-corrected chi connectivity index (χ0v) is 8.13. The molecule has 78 valence electrons. The molecule has 3 nitrogen and oxygen atoms in total. The molecule has 0 unspecified atom stereocenters. The van der Waals surface area contributed by atoms with Crippen LogP contribution in [0.4, 0.5) is 10.1 Å². The second-order valence-electron chi connectivity index (χ2n) is 2.82. The predicted molar refractivity (Wildman–Crippen MR) is 53.0 cm³/mol. The summed E-state index contributed by atoms with van der Waals surface area (Å²) in [6, 6.07) is 4.54. The van der Waals surface area contributed by atoms with Crippen molar-refractivity contribution in [2.45, 2.75) is 6.10 Å². The Bertz CT molecular complexity index is 309. The van der Waals surface area contributed by atoms with Crippen molar-refractivity contribution >= 4 is 17.3 Å². The lowest BCUT2D eigenvalue weighted by Gasteiger charge is -2.11. The highest BCUT2D eigenvalue weighted by molar-refractivity contribution is 6.31. The van der Waals surface area contributed by atoms with E-state index in [1.807, 2.05) is 0 Å². The van der Waals surface area contributed by atoms with E-state index in [1.165, 1.54) is 12.1 Å². The lowest BCUT2D eigenvalue weighted by Crippen LogP contribution is -2.23. The van der Waals surface area contributed by atoms with Crippen LogP contribution in [-0.2, 0) is 0 Å². The van der Waals surface area contributed by atoms with Gasteiger partial charge in [0.1, 0.15) is 0 Å². The number of aliphatic hydroxyl groups excluding tert-OH is 2. The second-order valence-corrected chi connectivity index (χ2v) is 3.23. The van der Waals surface area contributed by atoms with E-state index < -0.39 is 11.9 Å². The topological polar surface area (TPSA) is 52.5 Å². The molecule has 0 aliphatic carbocycles. The van der Waals surface area contributed by atoms with E-state index in [9.17, 15) is 4.39 Å². The number of nitrogens with one attached hydrogen (secondary N) is 1. The second kappa shape index (κ2) is 5.14. The number of hydrogen-bond donors (Lipinski definition) is 3. The number of halogens is 2. The Kier molecular flexibility index (Phi) is 4.13. The third kappa shape index (κ3) is 2.83. The molecule has 0 radical (unpaired) electrons. The molecule has 1 aromatic rings. The minimum Gasteiger partial charge on any atom is -0.394 e. The monoisotopic (exact) mass is 219 g/mol. The van der Waals surface area contributed by atoms with Crippen molar-refractivity contribution in [1.82, 2.24) is 0 Å². The number of benzene rings is 1. The van der Waals surface area contributed by atoms with Crippen LogP contribution in [0.5, 0.6) is 0 Å². The highest BCUT2D eigenvalue weighted by Crippen LogP contribution is 2.21. The van der Waals surface area contributed by atoms with Gasteiger partial charge in [0.2, 0.25) is 0 Å². The van der Waals surface area contributed by atoms with Crippen molar-refractivity contribution in [1.29, 1.82) is 0 Å². The molecule has 1 aromatic carbocycles. The zero-order valence-electron chi connectivity index (χ0n) is 7.37. The molecule has 5 heteroatoms. The van der Waals surface area contributed by atoms with Gasteiger partial charge < -0.3 is 15.5 Å². The first-order chi connectivity index (χ1) is 6.65. The fraction of sp³-hybridized carbons (Fsp3) is 0.333. The van der Waals surface area contributed by atoms with Gasteiger partial charge in [-0.2, -0.15) is 0 Å². The lowest BCUT2D eigenvalue weighted by molar-refractivity contribution is 0.105. The van der Waals surface area contributed by atoms with Crippen LogP contribution >= 0.6 is 11.6 Å². The number of rotatable bonds is 4. The van der Waals surface area contributed by atoms with E-state index in [-0.39, 0.29) is 23.9 Å². The van der Waals surface area contributed by atoms with Crippen LogP contribution in [0.1, 0.15) is 0 Å². The van der Waals surface area contributed by atoms with Gasteiger partial charge in [0.25, 0.3) is 0 Å². The first kappa shape index (κ1) is 11.2. The van der Waals surface area contributed by atoms with Crippen molar-refractivity contribution < 1.29 is 14.6 Å². The highest BCUT2D eigenvalue weighted by Gasteiger charge is 2.07. The van der Waals surface area contributed by atoms with Crippen molar-refractivity contribution in [3.8, 4) is 0 Å². The molecule has 0 aliphatic rings. The van der Waals surface area contributed by atoms with Crippen LogP contribution < -0.4 is 5.32 Å². The van der Waals surface area contributed by atoms with Crippen LogP contribution in [0.2, 0.25) is 5.02 Å². The summed E-state index contributed by atoms with van der Waals surface area (Å²) in [7, 11) is 0. The Labute approximate surface area is 86.1 Å². The fourth-order valence-corrected chi connectivity index (χ4v) is 1.11. The van der Waals surface area contributed by atoms with Gasteiger partial charge in [0.05, 0.1) is 23.4 Å². The van der Waals surface area contributed by atoms with Crippen LogP contribution in [0, 0.1) is 5.82 Å². The molecule has 3 N–H and O–H groups in total. The number of hydrogen-bond acceptors (Lipinski definition) is 3. The summed E-state index contributed by atoms with van der Waals surface area (Å²) >= 11 is 5.54. The van der Waals surface area contributed by atoms with Gasteiger partial charge in [-0.25, -0.2) is 4.39 Å². The van der Waals surface area contributed by atoms with Crippen LogP contribution in [0.25, 0.3) is 0 Å². The average Bonchev–Trinajstić information content (AvgIpc) is 2.20. The van der Waals surface area contributed by atoms with E-state index in [0.717, 1.165) is 0 Å². The Morgan fingerprint density at radius 2 is 2.21 bits per heavy atom. The standard InChI is InChI=1S/C9H11ClFNO2/c10-7-2-1-3-8(9(7)11)12-4-6(14)5-13/h1-3,6,12-14H,4-5H2/t6-/m0/s1. The summed E-state index contributed by atoms with van der Waals surface area (Å²) in [6.07, 6.45) is -0.909. The largest absolute Gasteiger partial charge is 0.394 e. The summed E-state index contributed by atoms with van der Waals surface area (Å²) in [5, 5.41) is 20.2. The maximum atomic E-state index is 13.2. The molecule has 0 heterocycles. The average molecular weight is 220 g/mol. The van der Waals surface area contributed by atoms with E-state index in [1.54, 1.807) is 6.07 Å². The molecule has 1 rings (SSSR count).